The van der Waals surface area contributed by atoms with Crippen LogP contribution in [0.2, 0.25) is 0 Å². The number of hydrogen-bond donors (Lipinski definition) is 6. The summed E-state index contributed by atoms with van der Waals surface area (Å²) in [5.41, 5.74) is 15.9. The number of halogens is 7. The highest BCUT2D eigenvalue weighted by atomic mass is 35.5. The monoisotopic (exact) mass is 1990 g/mol. The normalized spacial score (nSPS) is 28.3. The third kappa shape index (κ3) is 19.7. The Balaban J connectivity index is 0.000000110. The summed E-state index contributed by atoms with van der Waals surface area (Å²) in [6.45, 7) is 9.24. The van der Waals surface area contributed by atoms with Crippen LogP contribution in [0.15, 0.2) is 298 Å². The fraction of sp³-hybridized carbons (Fsp3) is 0.383. The maximum Gasteiger partial charge on any atom is 0.289 e. The predicted octanol–water partition coefficient (Wildman–Crippen LogP) is 17.1. The van der Waals surface area contributed by atoms with Gasteiger partial charge in [0, 0.05) is 58.9 Å². The van der Waals surface area contributed by atoms with Crippen molar-refractivity contribution in [2.45, 2.75) is 185 Å². The van der Waals surface area contributed by atoms with Crippen molar-refractivity contribution in [1.82, 2.24) is 35.1 Å². The van der Waals surface area contributed by atoms with E-state index in [0.29, 0.717) is 95.6 Å². The molecule has 22 nitrogen and oxygen atoms in total. The summed E-state index contributed by atoms with van der Waals surface area (Å²) in [6, 6.07) is 88.4. The lowest BCUT2D eigenvalue weighted by molar-refractivity contribution is -0.0780. The first-order valence-corrected chi connectivity index (χ1v) is 50.3. The van der Waals surface area contributed by atoms with Gasteiger partial charge in [-0.15, -0.1) is 24.8 Å². The molecular weight excluding hydrogens is 1880 g/mol. The minimum atomic E-state index is -0.667. The Morgan fingerprint density at radius 2 is 0.535 bits per heavy atom. The van der Waals surface area contributed by atoms with Gasteiger partial charge in [0.2, 0.25) is 0 Å². The molecule has 0 amide bonds. The highest BCUT2D eigenvalue weighted by molar-refractivity contribution is 5.86. The Bertz CT molecular complexity index is 5940. The summed E-state index contributed by atoms with van der Waals surface area (Å²) in [5.74, 6) is -1.20. The van der Waals surface area contributed by atoms with Gasteiger partial charge in [-0.3, -0.25) is 0 Å². The fourth-order valence-corrected chi connectivity index (χ4v) is 23.8. The zero-order chi connectivity index (χ0) is 96.7. The highest BCUT2D eigenvalue weighted by Crippen LogP contribution is 2.49. The zero-order valence-electron chi connectivity index (χ0n) is 80.2. The molecule has 29 heteroatoms. The number of β-amino-alcohol motifs (C(OH)–C–C–N with tert-alkyl or cyclic N) is 2. The van der Waals surface area contributed by atoms with Crippen LogP contribution in [-0.4, -0.2) is 225 Å². The molecule has 11 aromatic rings. The molecule has 0 radical (unpaired) electrons. The van der Waals surface area contributed by atoms with E-state index in [-0.39, 0.29) is 90.2 Å². The third-order valence-corrected chi connectivity index (χ3v) is 31.5. The van der Waals surface area contributed by atoms with Crippen molar-refractivity contribution in [1.29, 1.82) is 0 Å². The number of rotatable bonds is 8. The topological polar surface area (TPSA) is 238 Å². The Kier molecular flexibility index (Phi) is 29.2. The van der Waals surface area contributed by atoms with E-state index in [0.717, 1.165) is 150 Å². The minimum absolute atomic E-state index is 0. The van der Waals surface area contributed by atoms with Gasteiger partial charge in [0.25, 0.3) is 30.1 Å². The molecule has 3 saturated carbocycles. The van der Waals surface area contributed by atoms with Gasteiger partial charge in [-0.25, -0.2) is 46.9 Å². The number of nitrogens with one attached hydrogen (secondary N) is 2. The Morgan fingerprint density at radius 3 is 0.806 bits per heavy atom. The van der Waals surface area contributed by atoms with Crippen LogP contribution in [0, 0.1) is 29.1 Å². The molecule has 750 valence electrons. The number of aliphatic hydroxyl groups is 4. The van der Waals surface area contributed by atoms with E-state index in [9.17, 15) is 42.4 Å². The van der Waals surface area contributed by atoms with Gasteiger partial charge in [0.1, 0.15) is 41.3 Å². The van der Waals surface area contributed by atoms with Crippen molar-refractivity contribution in [3.05, 3.63) is 391 Å². The number of nitrogens with zero attached hydrogens (tertiary/aromatic N) is 10. The minimum Gasteiger partial charge on any atom is -0.454 e. The van der Waals surface area contributed by atoms with Gasteiger partial charge in [-0.1, -0.05) is 212 Å². The van der Waals surface area contributed by atoms with E-state index in [2.05, 4.69) is 154 Å². The van der Waals surface area contributed by atoms with Crippen LogP contribution in [-0.2, 0) is 67.1 Å². The molecule has 12 heterocycles. The molecule has 3 aliphatic carbocycles. The number of aliphatic hydroxyl groups excluding tert-OH is 4. The lowest BCUT2D eigenvalue weighted by Gasteiger charge is -2.40. The molecule has 0 bridgehead atoms. The molecule has 0 unspecified atom stereocenters. The molecule has 5 spiro atoms. The fourth-order valence-electron chi connectivity index (χ4n) is 23.8. The van der Waals surface area contributed by atoms with E-state index in [1.165, 1.54) is 122 Å². The first kappa shape index (κ1) is 99.1. The van der Waals surface area contributed by atoms with Gasteiger partial charge >= 0.3 is 0 Å². The predicted molar refractivity (Wildman–Crippen MR) is 547 cm³/mol. The van der Waals surface area contributed by atoms with Gasteiger partial charge < -0.3 is 84.0 Å². The van der Waals surface area contributed by atoms with Crippen molar-refractivity contribution in [2.24, 2.45) is 25.0 Å². The second kappa shape index (κ2) is 42.4. The quantitative estimate of drug-likeness (QED) is 0.0775. The van der Waals surface area contributed by atoms with E-state index in [1.54, 1.807) is 0 Å². The molecule has 12 aliphatic heterocycles. The van der Waals surface area contributed by atoms with Gasteiger partial charge in [0.05, 0.1) is 87.9 Å². The number of ether oxygens (including phenoxy) is 6. The highest BCUT2D eigenvalue weighted by Gasteiger charge is 2.57. The van der Waals surface area contributed by atoms with Crippen molar-refractivity contribution in [2.75, 3.05) is 91.6 Å². The molecule has 144 heavy (non-hydrogen) atoms. The van der Waals surface area contributed by atoms with Gasteiger partial charge in [0.15, 0.2) is 28.0 Å². The van der Waals surface area contributed by atoms with Crippen molar-refractivity contribution >= 4 is 54.9 Å². The second-order valence-corrected chi connectivity index (χ2v) is 40.1. The molecule has 6 N–H and O–H groups in total. The lowest BCUT2D eigenvalue weighted by Crippen LogP contribution is -2.48. The molecule has 26 rings (SSSR count). The Labute approximate surface area is 848 Å². The van der Waals surface area contributed by atoms with E-state index in [1.807, 2.05) is 103 Å². The van der Waals surface area contributed by atoms with E-state index < -0.39 is 52.4 Å². The van der Waals surface area contributed by atoms with E-state index in [4.69, 9.17) is 43.4 Å². The number of fused-ring (bicyclic) bond motifs is 5. The molecule has 15 atom stereocenters. The average Bonchev–Trinajstić information content (AvgIpc) is 1.57. The van der Waals surface area contributed by atoms with E-state index >= 15 is 0 Å². The van der Waals surface area contributed by atoms with Crippen LogP contribution in [0.25, 0.3) is 0 Å². The van der Waals surface area contributed by atoms with Crippen LogP contribution in [0.1, 0.15) is 177 Å². The summed E-state index contributed by atoms with van der Waals surface area (Å²) in [6.07, 6.45) is 10.7. The summed E-state index contributed by atoms with van der Waals surface area (Å²) >= 11 is 0. The largest absolute Gasteiger partial charge is 0.454 e. The molecule has 0 aromatic heterocycles. The average molecular weight is 2000 g/mol. The second-order valence-electron chi connectivity index (χ2n) is 40.1. The maximum absolute atomic E-state index is 13.7. The molecule has 15 aliphatic rings. The Hall–Kier alpha value is -12.3. The summed E-state index contributed by atoms with van der Waals surface area (Å²) in [4.78, 5) is 34.6. The van der Waals surface area contributed by atoms with Crippen molar-refractivity contribution in [3.8, 4) is 0 Å². The lowest BCUT2D eigenvalue weighted by atomic mass is 9.88. The van der Waals surface area contributed by atoms with Crippen LogP contribution >= 0.6 is 24.8 Å². The first-order chi connectivity index (χ1) is 69.4. The summed E-state index contributed by atoms with van der Waals surface area (Å²) in [7, 11) is 0. The van der Waals surface area contributed by atoms with Crippen molar-refractivity contribution in [3.63, 3.8) is 0 Å². The molecule has 2 saturated heterocycles. The number of amidine groups is 5. The molecule has 5 fully saturated rings. The first-order valence-electron chi connectivity index (χ1n) is 50.3. The maximum atomic E-state index is 13.7. The van der Waals surface area contributed by atoms with Gasteiger partial charge in [-0.2, -0.15) is 0 Å². The number of aliphatic imine (C=N–C) groups is 5. The molecular formula is C115H121Cl2F5N12O10. The number of hydrogen-bond acceptors (Lipinski definition) is 22. The summed E-state index contributed by atoms with van der Waals surface area (Å²) < 4.78 is 106. The van der Waals surface area contributed by atoms with Crippen LogP contribution in [0.3, 0.4) is 0 Å². The molecule has 11 aromatic carbocycles. The SMILES string of the molecule is Cl.Cl.Fc1ccc([C@H]2c3ccccc3CCN2C2=NC[C@@]3(CCC[C@@H]3OCc3ccccc3)O2)cc1.O[C@H]1CCC[C@@]12CN=C(N1CCc3ccccc3[C@@H]1c1ccc(F)cc1)O2.O[C@H]1CCC[C@]12CN=C(N1CCc3ccccc3[C@@H]1c1ccc(F)cc1)O2.O[C@H]1CNC[C@@]12CN=C(N1CCc3ccccc3[C@@H]1c1ccc(F)cc1)O2.O[C@H]1CNC[C@]12CN=C(N1CCc3ccccc3[C@@H]1c1ccc(F)cc1)O2. The standard InChI is InChI=1S/C29H29FN2O2.2C22H23FN2O2.2C21H22FN3O2.2ClH/c30-24-14-12-23(13-15-24)27-25-10-5-4-9-22(25)16-18-32(27)28-31-20-29(34-28)17-6-11-26(29)33-19-21-7-2-1-3-8-21;2*23-17-9-7-16(8-10-17)20-18-5-2-1-4-15(18)11-13-25(20)21-24-14-22(27-21)12-3-6-19(22)26;2*22-16-7-5-15(6-8-16)19-17-4-2-1-3-14(17)9-10-25(19)20-24-13-21(27-20)12-23-11-18(21)26;;/h1-5,7-10,12-15,26-27H,6,11,16-20H2;2*1-2,4-5,7-10,19-20,26H,3,6,11-14H2;2*1-8,18-19,23,26H,9-13H2;2*1H/t26-,27-,29+;19-,20-,22+;19-,20-,22-;18-,19-,21+;18-,19-,21-;;/m00000../s1. The zero-order valence-corrected chi connectivity index (χ0v) is 81.8. The van der Waals surface area contributed by atoms with Crippen LogP contribution in [0.5, 0.6) is 0 Å². The Morgan fingerprint density at radius 1 is 0.292 bits per heavy atom. The summed E-state index contributed by atoms with van der Waals surface area (Å²) in [5, 5.41) is 47.9. The smallest absolute Gasteiger partial charge is 0.289 e. The van der Waals surface area contributed by atoms with Crippen molar-refractivity contribution < 1.29 is 70.8 Å². The van der Waals surface area contributed by atoms with Gasteiger partial charge in [-0.05, 0) is 240 Å². The third-order valence-electron chi connectivity index (χ3n) is 31.5. The number of benzene rings is 11. The van der Waals surface area contributed by atoms with Crippen LogP contribution in [0.4, 0.5) is 22.0 Å². The van der Waals surface area contributed by atoms with Crippen LogP contribution < -0.4 is 10.6 Å².